The average molecular weight is 1080 g/mol. The number of fused-ring (bicyclic) bond motifs is 1. The van der Waals surface area contributed by atoms with Crippen LogP contribution < -0.4 is 26.7 Å². The van der Waals surface area contributed by atoms with Gasteiger partial charge in [-0.25, -0.2) is 18.2 Å². The van der Waals surface area contributed by atoms with Gasteiger partial charge in [-0.2, -0.15) is 17.9 Å². The Morgan fingerprint density at radius 2 is 1.49 bits per heavy atom. The molecule has 1 saturated carbocycles. The number of carboxylic acids is 1. The maximum atomic E-state index is 14.0. The van der Waals surface area contributed by atoms with Gasteiger partial charge in [-0.15, -0.1) is 0 Å². The maximum absolute atomic E-state index is 14.0. The first-order valence-corrected chi connectivity index (χ1v) is 25.7. The van der Waals surface area contributed by atoms with Crippen molar-refractivity contribution in [2.24, 2.45) is 22.2 Å². The predicted octanol–water partition coefficient (Wildman–Crippen LogP) is 2.89. The molecule has 2 aromatic carbocycles. The van der Waals surface area contributed by atoms with Gasteiger partial charge in [0.25, 0.3) is 0 Å². The Bertz CT molecular complexity index is 2860. The van der Waals surface area contributed by atoms with Crippen LogP contribution in [0, 0.1) is 6.92 Å². The summed E-state index contributed by atoms with van der Waals surface area (Å²) in [5.41, 5.74) is 19.1. The Morgan fingerprint density at radius 1 is 0.890 bits per heavy atom. The van der Waals surface area contributed by atoms with Crippen LogP contribution in [0.15, 0.2) is 75.5 Å². The number of Topliss-reactive ketones (excluding diaryl/α,β-unsaturated/α-hetero) is 1. The van der Waals surface area contributed by atoms with Crippen LogP contribution in [0.4, 0.5) is 13.2 Å². The minimum absolute atomic E-state index is 0.00546. The second-order valence-corrected chi connectivity index (χ2v) is 20.6. The number of nitrogens with one attached hydrogen (secondary N) is 1. The molecule has 5 heterocycles. The number of ketones is 2. The summed E-state index contributed by atoms with van der Waals surface area (Å²) in [7, 11) is -4.29. The van der Waals surface area contributed by atoms with Crippen molar-refractivity contribution >= 4 is 79.4 Å². The number of aromatic nitrogens is 1. The number of halogens is 5. The van der Waals surface area contributed by atoms with Crippen molar-refractivity contribution in [1.82, 2.24) is 34.2 Å². The molecule has 9 rings (SSSR count). The van der Waals surface area contributed by atoms with Crippen molar-refractivity contribution in [1.29, 1.82) is 0 Å². The summed E-state index contributed by atoms with van der Waals surface area (Å²) in [5.74, 6) is -2.76. The van der Waals surface area contributed by atoms with Crippen LogP contribution in [0.25, 0.3) is 10.9 Å². The Morgan fingerprint density at radius 3 is 2.08 bits per heavy atom. The van der Waals surface area contributed by atoms with Gasteiger partial charge in [0.15, 0.2) is 5.96 Å². The lowest BCUT2D eigenvalue weighted by Crippen LogP contribution is -2.62. The summed E-state index contributed by atoms with van der Waals surface area (Å²) in [6.07, 6.45) is -0.573. The third-order valence-corrected chi connectivity index (χ3v) is 15.2. The number of aryl methyl sites for hydroxylation is 1. The Labute approximate surface area is 429 Å². The molecule has 1 atom stereocenters. The van der Waals surface area contributed by atoms with E-state index >= 15 is 0 Å². The minimum atomic E-state index is -5.08. The van der Waals surface area contributed by atoms with E-state index in [9.17, 15) is 40.8 Å². The number of alkyl halides is 3. The molecule has 2 amide bonds. The van der Waals surface area contributed by atoms with E-state index in [4.69, 9.17) is 55.0 Å². The summed E-state index contributed by atoms with van der Waals surface area (Å²) in [6, 6.07) is 11.5. The first-order valence-electron chi connectivity index (χ1n) is 23.5. The van der Waals surface area contributed by atoms with Gasteiger partial charge < -0.3 is 51.5 Å². The highest BCUT2D eigenvalue weighted by atomic mass is 35.5. The summed E-state index contributed by atoms with van der Waals surface area (Å²) in [6.45, 7) is 8.63. The molecule has 5 fully saturated rings. The van der Waals surface area contributed by atoms with E-state index in [0.29, 0.717) is 73.4 Å². The van der Waals surface area contributed by atoms with Crippen LogP contribution in [-0.4, -0.2) is 168 Å². The third kappa shape index (κ3) is 13.3. The van der Waals surface area contributed by atoms with Crippen molar-refractivity contribution in [3.05, 3.63) is 86.9 Å². The topological polar surface area (TPSA) is 280 Å². The van der Waals surface area contributed by atoms with E-state index in [1.54, 1.807) is 15.9 Å². The van der Waals surface area contributed by atoms with Crippen LogP contribution in [-0.2, 0) is 40.6 Å². The molecule has 4 aliphatic heterocycles. The number of nitrogens with zero attached hydrogens (tertiary/aromatic N) is 7. The number of aliphatic carboxylic acids is 1. The highest BCUT2D eigenvalue weighted by Gasteiger charge is 2.48. The molecule has 1 aromatic heterocycles. The van der Waals surface area contributed by atoms with E-state index in [-0.39, 0.29) is 82.6 Å². The standard InChI is InChI=1S/C33H42Cl2N8O5S.C12H13N3O2.C2HF3O2/c1-21-9-10-22-6-4-8-26(29(22)40-21)48-20-23-24(34)11-12-27(28(23)35)49(46,47)41-33(13-2-3-14-33)31(45)43-18-16-42(17-19-43)30(44)25(36)7-5-15-39-32(37)38;16-9-7-8(13-1-2-13)12(17)11(15-5-6-15)10(9)14-3-4-14;3-2(4,5)1(6)7/h4,6,8-12,25,41H,2-3,5,7,13-20,36H2,1H3,(H4,37,38,39);7H,1-6H2;(H,6,7). The first kappa shape index (κ1) is 54.6. The number of amides is 2. The third-order valence-electron chi connectivity index (χ3n) is 12.7. The van der Waals surface area contributed by atoms with E-state index < -0.39 is 33.7 Å². The fourth-order valence-corrected chi connectivity index (χ4v) is 10.9. The molecule has 6 aliphatic rings. The number of hydrogen-bond acceptors (Lipinski definition) is 14. The number of allylic oxidation sites excluding steroid dienone is 1. The predicted molar refractivity (Wildman–Crippen MR) is 263 cm³/mol. The molecule has 3 aromatic rings. The number of nitrogens with two attached hydrogens (primary N) is 3. The number of rotatable bonds is 15. The van der Waals surface area contributed by atoms with E-state index in [2.05, 4.69) is 14.7 Å². The van der Waals surface area contributed by atoms with Gasteiger partial charge in [-0.05, 0) is 56.9 Å². The molecular formula is C47H56Cl2F3N11O9S. The zero-order valence-corrected chi connectivity index (χ0v) is 42.1. The number of sulfonamides is 1. The molecule has 73 heavy (non-hydrogen) atoms. The minimum Gasteiger partial charge on any atom is -0.487 e. The number of para-hydroxylation sites is 1. The molecule has 394 valence electrons. The molecule has 0 spiro atoms. The second kappa shape index (κ2) is 22.5. The fourth-order valence-electron chi connectivity index (χ4n) is 8.64. The Hall–Kier alpha value is -6.21. The van der Waals surface area contributed by atoms with Crippen LogP contribution in [0.2, 0.25) is 10.0 Å². The molecule has 26 heteroatoms. The number of pyridine rings is 1. The molecule has 0 radical (unpaired) electrons. The Balaban J connectivity index is 0.000000262. The van der Waals surface area contributed by atoms with Gasteiger partial charge in [0.05, 0.1) is 16.8 Å². The molecule has 4 saturated heterocycles. The van der Waals surface area contributed by atoms with E-state index in [1.165, 1.54) is 18.2 Å². The average Bonchev–Trinajstić information content (AvgIpc) is 4.21. The van der Waals surface area contributed by atoms with Crippen molar-refractivity contribution < 1.29 is 55.4 Å². The van der Waals surface area contributed by atoms with Crippen molar-refractivity contribution in [3.8, 4) is 5.75 Å². The molecule has 8 N–H and O–H groups in total. The monoisotopic (exact) mass is 1080 g/mol. The van der Waals surface area contributed by atoms with Crippen LogP contribution in [0.3, 0.4) is 0 Å². The number of guanidine groups is 1. The summed E-state index contributed by atoms with van der Waals surface area (Å²) < 4.78 is 68.5. The zero-order chi connectivity index (χ0) is 53.0. The molecule has 1 unspecified atom stereocenters. The lowest BCUT2D eigenvalue weighted by atomic mass is 9.96. The number of aliphatic imine (C=N–C) groups is 1. The SMILES string of the molecule is Cc1ccc2cccc(OCc3c(Cl)ccc(S(=O)(=O)NC4(C(=O)N5CCN(C(=O)C(N)CCCN=C(N)N)CC5)CCCC4)c3Cl)c2n1.O=C(O)C(F)(F)F.O=C1C=C(N2CC2)C(=O)C(N2CC2)=C1N1CC1. The number of benzene rings is 2. The van der Waals surface area contributed by atoms with Crippen LogP contribution in [0.1, 0.15) is 49.8 Å². The molecule has 2 aliphatic carbocycles. The number of carbonyl (C=O) groups is 5. The van der Waals surface area contributed by atoms with Crippen molar-refractivity contribution in [2.75, 3.05) is 72.0 Å². The lowest BCUT2D eigenvalue weighted by Gasteiger charge is -2.40. The number of ether oxygens (including phenoxy) is 1. The van der Waals surface area contributed by atoms with Crippen LogP contribution >= 0.6 is 23.2 Å². The van der Waals surface area contributed by atoms with Gasteiger partial charge in [-0.1, -0.05) is 54.2 Å². The highest BCUT2D eigenvalue weighted by molar-refractivity contribution is 7.89. The highest BCUT2D eigenvalue weighted by Crippen LogP contribution is 2.38. The summed E-state index contributed by atoms with van der Waals surface area (Å²) in [4.78, 5) is 77.9. The number of hydrogen-bond donors (Lipinski definition) is 5. The van der Waals surface area contributed by atoms with Crippen LogP contribution in [0.5, 0.6) is 5.75 Å². The first-order chi connectivity index (χ1) is 34.5. The number of carboxylic acid groups (broad SMARTS) is 1. The largest absolute Gasteiger partial charge is 0.490 e. The quantitative estimate of drug-likeness (QED) is 0.0481. The molecular weight excluding hydrogens is 1020 g/mol. The molecule has 0 bridgehead atoms. The second-order valence-electron chi connectivity index (χ2n) is 18.2. The lowest BCUT2D eigenvalue weighted by molar-refractivity contribution is -0.192. The summed E-state index contributed by atoms with van der Waals surface area (Å²) >= 11 is 13.2. The van der Waals surface area contributed by atoms with E-state index in [1.807, 2.05) is 45.9 Å². The fraction of sp³-hybridized carbons (Fsp3) is 0.468. The summed E-state index contributed by atoms with van der Waals surface area (Å²) in [5, 5.41) is 8.16. The smallest absolute Gasteiger partial charge is 0.487 e. The van der Waals surface area contributed by atoms with Gasteiger partial charge in [0.1, 0.15) is 39.7 Å². The maximum Gasteiger partial charge on any atom is 0.490 e. The van der Waals surface area contributed by atoms with Gasteiger partial charge >= 0.3 is 12.1 Å². The zero-order valence-electron chi connectivity index (χ0n) is 39.8. The number of piperazine rings is 1. The van der Waals surface area contributed by atoms with Gasteiger partial charge in [0, 0.05) is 99.7 Å². The number of carbonyl (C=O) groups excluding carboxylic acids is 4. The van der Waals surface area contributed by atoms with Crippen molar-refractivity contribution in [2.45, 2.75) is 74.7 Å². The van der Waals surface area contributed by atoms with Gasteiger partial charge in [-0.3, -0.25) is 24.2 Å². The Kier molecular flexibility index (Phi) is 16.8. The van der Waals surface area contributed by atoms with Crippen molar-refractivity contribution in [3.63, 3.8) is 0 Å². The normalized spacial score (nSPS) is 18.6. The molecule has 20 nitrogen and oxygen atoms in total. The van der Waals surface area contributed by atoms with E-state index in [0.717, 1.165) is 50.3 Å². The van der Waals surface area contributed by atoms with Gasteiger partial charge in [0.2, 0.25) is 33.4 Å².